The molecule has 0 unspecified atom stereocenters. The van der Waals surface area contributed by atoms with Gasteiger partial charge in [0.1, 0.15) is 0 Å². The van der Waals surface area contributed by atoms with Crippen LogP contribution >= 0.6 is 11.3 Å². The van der Waals surface area contributed by atoms with Gasteiger partial charge in [0.25, 0.3) is 10.0 Å². The summed E-state index contributed by atoms with van der Waals surface area (Å²) in [5.41, 5.74) is 2.11. The minimum atomic E-state index is -4.96. The third-order valence-electron chi connectivity index (χ3n) is 4.78. The Kier molecular flexibility index (Phi) is 4.97. The Morgan fingerprint density at radius 3 is 2.67 bits per heavy atom. The summed E-state index contributed by atoms with van der Waals surface area (Å²) in [5.74, 6) is -1.92. The van der Waals surface area contributed by atoms with Crippen LogP contribution in [0.3, 0.4) is 0 Å². The molecule has 1 amide bonds. The molecule has 158 valence electrons. The van der Waals surface area contributed by atoms with E-state index >= 15 is 0 Å². The van der Waals surface area contributed by atoms with Gasteiger partial charge < -0.3 is 4.90 Å². The minimum Gasteiger partial charge on any atom is -0.330 e. The molecule has 2 aromatic carbocycles. The average molecular weight is 455 g/mol. The molecule has 4 rings (SSSR count). The summed E-state index contributed by atoms with van der Waals surface area (Å²) >= 11 is 1.49. The smallest absolute Gasteiger partial charge is 0.330 e. The Labute approximate surface area is 174 Å². The van der Waals surface area contributed by atoms with Gasteiger partial charge in [0.2, 0.25) is 0 Å². The molecule has 0 spiro atoms. The van der Waals surface area contributed by atoms with Gasteiger partial charge in [0.05, 0.1) is 25.8 Å². The Hall–Kier alpha value is -2.66. The van der Waals surface area contributed by atoms with E-state index in [0.29, 0.717) is 21.7 Å². The maximum atomic E-state index is 12.8. The Morgan fingerprint density at radius 2 is 1.93 bits per heavy atom. The van der Waals surface area contributed by atoms with Crippen LogP contribution in [0, 0.1) is 6.92 Å². The number of aryl methyl sites for hydroxylation is 1. The van der Waals surface area contributed by atoms with Gasteiger partial charge in [0.15, 0.2) is 0 Å². The first kappa shape index (κ1) is 20.6. The lowest BCUT2D eigenvalue weighted by Crippen LogP contribution is -2.43. The number of thiazole rings is 1. The van der Waals surface area contributed by atoms with Gasteiger partial charge in [-0.05, 0) is 54.8 Å². The largest absolute Gasteiger partial charge is 0.471 e. The quantitative estimate of drug-likeness (QED) is 0.651. The summed E-state index contributed by atoms with van der Waals surface area (Å²) in [6, 6.07) is 9.32. The van der Waals surface area contributed by atoms with E-state index in [1.165, 1.54) is 23.5 Å². The predicted molar refractivity (Wildman–Crippen MR) is 107 cm³/mol. The number of carbonyl (C=O) groups is 1. The fourth-order valence-corrected chi connectivity index (χ4v) is 5.28. The molecule has 1 N–H and O–H groups in total. The van der Waals surface area contributed by atoms with Crippen LogP contribution in [0.25, 0.3) is 10.2 Å². The maximum absolute atomic E-state index is 12.8. The first-order valence-electron chi connectivity index (χ1n) is 8.91. The molecule has 0 atom stereocenters. The van der Waals surface area contributed by atoms with Crippen molar-refractivity contribution < 1.29 is 26.4 Å². The first-order chi connectivity index (χ1) is 14.0. The number of aromatic nitrogens is 1. The molecule has 3 aromatic rings. The molecular formula is C19H16F3N3O3S2. The molecule has 1 aliphatic heterocycles. The summed E-state index contributed by atoms with van der Waals surface area (Å²) in [6.45, 7) is 1.50. The van der Waals surface area contributed by atoms with Crippen LogP contribution in [-0.2, 0) is 27.8 Å². The van der Waals surface area contributed by atoms with Crippen LogP contribution in [0.4, 0.5) is 18.9 Å². The van der Waals surface area contributed by atoms with E-state index in [-0.39, 0.29) is 24.4 Å². The summed E-state index contributed by atoms with van der Waals surface area (Å²) < 4.78 is 67.2. The van der Waals surface area contributed by atoms with E-state index in [9.17, 15) is 26.4 Å². The van der Waals surface area contributed by atoms with Crippen molar-refractivity contribution in [3.8, 4) is 0 Å². The number of anilines is 1. The van der Waals surface area contributed by atoms with E-state index in [1.54, 1.807) is 24.3 Å². The zero-order chi connectivity index (χ0) is 21.7. The minimum absolute atomic E-state index is 0.0667. The molecule has 2 heterocycles. The standard InChI is InChI=1S/C19H16F3N3O3S2/c1-11-23-16-9-14(3-5-17(16)29-11)24-30(27,28)15-4-2-12-6-7-25(10-13(12)8-15)18(26)19(20,21)22/h2-5,8-9,24H,6-7,10H2,1H3. The number of nitrogens with one attached hydrogen (secondary N) is 1. The predicted octanol–water partition coefficient (Wildman–Crippen LogP) is 3.85. The number of fused-ring (bicyclic) bond motifs is 2. The molecule has 30 heavy (non-hydrogen) atoms. The van der Waals surface area contributed by atoms with E-state index in [1.807, 2.05) is 6.92 Å². The number of nitrogens with zero attached hydrogens (tertiary/aromatic N) is 2. The third-order valence-corrected chi connectivity index (χ3v) is 7.11. The number of amides is 1. The summed E-state index contributed by atoms with van der Waals surface area (Å²) in [4.78, 5) is 16.5. The SMILES string of the molecule is Cc1nc2cc(NS(=O)(=O)c3ccc4c(c3)CN(C(=O)C(F)(F)F)CC4)ccc2s1. The second kappa shape index (κ2) is 7.24. The Balaban J connectivity index is 1.60. The second-order valence-corrected chi connectivity index (χ2v) is 9.84. The van der Waals surface area contributed by atoms with Gasteiger partial charge in [-0.1, -0.05) is 6.07 Å². The van der Waals surface area contributed by atoms with E-state index in [4.69, 9.17) is 0 Å². The van der Waals surface area contributed by atoms with Crippen molar-refractivity contribution in [2.24, 2.45) is 0 Å². The van der Waals surface area contributed by atoms with Crippen molar-refractivity contribution in [3.05, 3.63) is 52.5 Å². The topological polar surface area (TPSA) is 79.4 Å². The molecule has 0 saturated carbocycles. The molecule has 0 saturated heterocycles. The highest BCUT2D eigenvalue weighted by Gasteiger charge is 2.43. The number of rotatable bonds is 3. The fraction of sp³-hybridized carbons (Fsp3) is 0.263. The average Bonchev–Trinajstić information content (AvgIpc) is 3.04. The monoisotopic (exact) mass is 455 g/mol. The van der Waals surface area contributed by atoms with Crippen molar-refractivity contribution >= 4 is 43.2 Å². The highest BCUT2D eigenvalue weighted by atomic mass is 32.2. The summed E-state index contributed by atoms with van der Waals surface area (Å²) in [5, 5.41) is 0.859. The molecule has 1 aromatic heterocycles. The zero-order valence-electron chi connectivity index (χ0n) is 15.7. The van der Waals surface area contributed by atoms with Crippen LogP contribution in [0.15, 0.2) is 41.3 Å². The fourth-order valence-electron chi connectivity index (χ4n) is 3.37. The molecule has 0 radical (unpaired) electrons. The molecule has 6 nitrogen and oxygen atoms in total. The van der Waals surface area contributed by atoms with E-state index in [2.05, 4.69) is 9.71 Å². The number of benzene rings is 2. The molecule has 1 aliphatic rings. The molecule has 0 bridgehead atoms. The maximum Gasteiger partial charge on any atom is 0.471 e. The van der Waals surface area contributed by atoms with Crippen molar-refractivity contribution in [2.75, 3.05) is 11.3 Å². The van der Waals surface area contributed by atoms with E-state index in [0.717, 1.165) is 15.3 Å². The van der Waals surface area contributed by atoms with Gasteiger partial charge in [-0.3, -0.25) is 9.52 Å². The van der Waals surface area contributed by atoms with Gasteiger partial charge in [-0.25, -0.2) is 13.4 Å². The molecular weight excluding hydrogens is 439 g/mol. The number of halogens is 3. The van der Waals surface area contributed by atoms with Gasteiger partial charge in [-0.15, -0.1) is 11.3 Å². The lowest BCUT2D eigenvalue weighted by atomic mass is 10.00. The van der Waals surface area contributed by atoms with Crippen molar-refractivity contribution in [2.45, 2.75) is 31.0 Å². The van der Waals surface area contributed by atoms with Crippen LogP contribution in [0.5, 0.6) is 0 Å². The highest BCUT2D eigenvalue weighted by Crippen LogP contribution is 2.29. The zero-order valence-corrected chi connectivity index (χ0v) is 17.3. The third kappa shape index (κ3) is 3.99. The van der Waals surface area contributed by atoms with E-state index < -0.39 is 22.1 Å². The number of carbonyl (C=O) groups excluding carboxylic acids is 1. The highest BCUT2D eigenvalue weighted by molar-refractivity contribution is 7.92. The molecule has 0 fully saturated rings. The Bertz CT molecular complexity index is 1250. The van der Waals surface area contributed by atoms with Crippen LogP contribution in [0.2, 0.25) is 0 Å². The lowest BCUT2D eigenvalue weighted by Gasteiger charge is -2.29. The van der Waals surface area contributed by atoms with Crippen LogP contribution in [-0.4, -0.2) is 36.9 Å². The van der Waals surface area contributed by atoms with Gasteiger partial charge in [-0.2, -0.15) is 13.2 Å². The number of hydrogen-bond acceptors (Lipinski definition) is 5. The number of alkyl halides is 3. The van der Waals surface area contributed by atoms with Crippen molar-refractivity contribution in [1.82, 2.24) is 9.88 Å². The normalized spacial score (nSPS) is 14.6. The second-order valence-electron chi connectivity index (χ2n) is 6.93. The lowest BCUT2D eigenvalue weighted by molar-refractivity contribution is -0.186. The van der Waals surface area contributed by atoms with Gasteiger partial charge in [0, 0.05) is 13.1 Å². The van der Waals surface area contributed by atoms with Crippen LogP contribution in [0.1, 0.15) is 16.1 Å². The van der Waals surface area contributed by atoms with Crippen LogP contribution < -0.4 is 4.72 Å². The Morgan fingerprint density at radius 1 is 1.17 bits per heavy atom. The summed E-state index contributed by atoms with van der Waals surface area (Å²) in [7, 11) is -3.97. The summed E-state index contributed by atoms with van der Waals surface area (Å²) in [6.07, 6.45) is -4.74. The van der Waals surface area contributed by atoms with Crippen molar-refractivity contribution in [1.29, 1.82) is 0 Å². The first-order valence-corrected chi connectivity index (χ1v) is 11.2. The van der Waals surface area contributed by atoms with Crippen molar-refractivity contribution in [3.63, 3.8) is 0 Å². The van der Waals surface area contributed by atoms with Gasteiger partial charge >= 0.3 is 12.1 Å². The number of hydrogen-bond donors (Lipinski definition) is 1. The molecule has 0 aliphatic carbocycles. The number of sulfonamides is 1. The molecule has 11 heteroatoms.